The fourth-order valence-corrected chi connectivity index (χ4v) is 6.38. The van der Waals surface area contributed by atoms with Crippen molar-refractivity contribution in [3.63, 3.8) is 0 Å². The topological polar surface area (TPSA) is 52.4 Å². The van der Waals surface area contributed by atoms with Gasteiger partial charge in [0.2, 0.25) is 0 Å². The Balaban J connectivity index is 1.49. The predicted molar refractivity (Wildman–Crippen MR) is 104 cm³/mol. The Labute approximate surface area is 163 Å². The number of halogens is 1. The van der Waals surface area contributed by atoms with Crippen molar-refractivity contribution in [2.75, 3.05) is 0 Å². The van der Waals surface area contributed by atoms with Crippen molar-refractivity contribution in [1.82, 2.24) is 0 Å². The molecule has 0 spiro atoms. The van der Waals surface area contributed by atoms with Gasteiger partial charge < -0.3 is 4.74 Å². The van der Waals surface area contributed by atoms with Gasteiger partial charge in [-0.05, 0) is 67.3 Å². The van der Waals surface area contributed by atoms with Crippen LogP contribution in [0.25, 0.3) is 0 Å². The quantitative estimate of drug-likeness (QED) is 0.487. The second kappa shape index (κ2) is 6.57. The SMILES string of the molecule is O=[N+]([O-])c1cc(C23CC4CC(CC(C4)C2)C3)c(F)cc1OCc1ccccc1. The third-order valence-electron chi connectivity index (χ3n) is 7.09. The molecule has 6 rings (SSSR count). The first kappa shape index (κ1) is 17.7. The van der Waals surface area contributed by atoms with E-state index in [0.29, 0.717) is 23.3 Å². The molecule has 0 amide bonds. The molecule has 4 saturated carbocycles. The van der Waals surface area contributed by atoms with Gasteiger partial charge in [-0.1, -0.05) is 30.3 Å². The van der Waals surface area contributed by atoms with Gasteiger partial charge in [-0.25, -0.2) is 4.39 Å². The van der Waals surface area contributed by atoms with E-state index in [0.717, 1.165) is 24.8 Å². The second-order valence-electron chi connectivity index (χ2n) is 9.03. The Bertz CT molecular complexity index is 876. The monoisotopic (exact) mass is 381 g/mol. The number of nitro groups is 1. The fraction of sp³-hybridized carbons (Fsp3) is 0.478. The molecular formula is C23H24FNO3. The first-order chi connectivity index (χ1) is 13.5. The number of rotatable bonds is 5. The lowest BCUT2D eigenvalue weighted by molar-refractivity contribution is -0.386. The van der Waals surface area contributed by atoms with Crippen LogP contribution < -0.4 is 4.74 Å². The van der Waals surface area contributed by atoms with E-state index >= 15 is 4.39 Å². The van der Waals surface area contributed by atoms with Crippen LogP contribution in [-0.2, 0) is 12.0 Å². The van der Waals surface area contributed by atoms with E-state index in [1.807, 2.05) is 30.3 Å². The standard InChI is InChI=1S/C23H24FNO3/c24-20-10-22(28-14-15-4-2-1-3-5-15)21(25(26)27)9-19(20)23-11-16-6-17(12-23)8-18(7-16)13-23/h1-5,9-10,16-18H,6-8,11-14H2. The zero-order valence-corrected chi connectivity index (χ0v) is 15.8. The lowest BCUT2D eigenvalue weighted by Crippen LogP contribution is -2.48. The van der Waals surface area contributed by atoms with Gasteiger partial charge in [0.15, 0.2) is 5.75 Å². The third-order valence-corrected chi connectivity index (χ3v) is 7.09. The number of hydrogen-bond donors (Lipinski definition) is 0. The van der Waals surface area contributed by atoms with Crippen LogP contribution in [0.1, 0.15) is 49.7 Å². The maximum absolute atomic E-state index is 15.2. The van der Waals surface area contributed by atoms with Crippen molar-refractivity contribution in [3.8, 4) is 5.75 Å². The van der Waals surface area contributed by atoms with Gasteiger partial charge in [0.1, 0.15) is 12.4 Å². The van der Waals surface area contributed by atoms with Crippen molar-refractivity contribution < 1.29 is 14.1 Å². The summed E-state index contributed by atoms with van der Waals surface area (Å²) in [6.07, 6.45) is 6.66. The average molecular weight is 381 g/mol. The normalized spacial score (nSPS) is 30.4. The number of nitrogens with zero attached hydrogens (tertiary/aromatic N) is 1. The van der Waals surface area contributed by atoms with Gasteiger partial charge >= 0.3 is 5.69 Å². The molecule has 0 N–H and O–H groups in total. The highest BCUT2D eigenvalue weighted by atomic mass is 19.1. The molecule has 4 fully saturated rings. The van der Waals surface area contributed by atoms with Crippen LogP contribution in [0.5, 0.6) is 5.75 Å². The molecule has 0 unspecified atom stereocenters. The molecule has 2 aromatic rings. The van der Waals surface area contributed by atoms with Gasteiger partial charge in [0.05, 0.1) is 4.92 Å². The molecule has 2 aromatic carbocycles. The molecule has 4 aliphatic carbocycles. The Morgan fingerprint density at radius 1 is 1.04 bits per heavy atom. The zero-order valence-electron chi connectivity index (χ0n) is 15.8. The Morgan fingerprint density at radius 2 is 1.64 bits per heavy atom. The molecule has 28 heavy (non-hydrogen) atoms. The van der Waals surface area contributed by atoms with Gasteiger partial charge in [0.25, 0.3) is 0 Å². The summed E-state index contributed by atoms with van der Waals surface area (Å²) in [5.41, 5.74) is 1.09. The van der Waals surface area contributed by atoms with Crippen LogP contribution >= 0.6 is 0 Å². The van der Waals surface area contributed by atoms with Gasteiger partial charge in [-0.3, -0.25) is 10.1 Å². The summed E-state index contributed by atoms with van der Waals surface area (Å²) >= 11 is 0. The molecule has 0 saturated heterocycles. The molecule has 4 aliphatic rings. The van der Waals surface area contributed by atoms with Crippen molar-refractivity contribution in [2.24, 2.45) is 17.8 Å². The maximum atomic E-state index is 15.2. The first-order valence-electron chi connectivity index (χ1n) is 10.2. The summed E-state index contributed by atoms with van der Waals surface area (Å²) in [6.45, 7) is 0.178. The van der Waals surface area contributed by atoms with E-state index in [4.69, 9.17) is 4.74 Å². The molecule has 4 nitrogen and oxygen atoms in total. The van der Waals surface area contributed by atoms with E-state index in [-0.39, 0.29) is 29.3 Å². The van der Waals surface area contributed by atoms with Crippen LogP contribution in [0, 0.1) is 33.7 Å². The average Bonchev–Trinajstić information content (AvgIpc) is 2.65. The summed E-state index contributed by atoms with van der Waals surface area (Å²) in [4.78, 5) is 11.3. The predicted octanol–water partition coefficient (Wildman–Crippen LogP) is 5.78. The summed E-state index contributed by atoms with van der Waals surface area (Å²) in [5, 5.41) is 11.7. The lowest BCUT2D eigenvalue weighted by atomic mass is 9.48. The van der Waals surface area contributed by atoms with Crippen LogP contribution in [0.3, 0.4) is 0 Å². The van der Waals surface area contributed by atoms with Crippen molar-refractivity contribution in [3.05, 3.63) is 69.5 Å². The molecule has 0 radical (unpaired) electrons. The second-order valence-corrected chi connectivity index (χ2v) is 9.03. The summed E-state index contributed by atoms with van der Waals surface area (Å²) in [7, 11) is 0. The third kappa shape index (κ3) is 2.97. The molecule has 0 aliphatic heterocycles. The summed E-state index contributed by atoms with van der Waals surface area (Å²) < 4.78 is 20.9. The Morgan fingerprint density at radius 3 is 2.21 bits per heavy atom. The maximum Gasteiger partial charge on any atom is 0.311 e. The highest BCUT2D eigenvalue weighted by molar-refractivity contribution is 5.52. The molecular weight excluding hydrogens is 357 g/mol. The largest absolute Gasteiger partial charge is 0.482 e. The highest BCUT2D eigenvalue weighted by Crippen LogP contribution is 2.61. The van der Waals surface area contributed by atoms with Crippen LogP contribution in [-0.4, -0.2) is 4.92 Å². The van der Waals surface area contributed by atoms with E-state index in [1.54, 1.807) is 0 Å². The number of nitro benzene ring substituents is 1. The minimum absolute atomic E-state index is 0.0137. The molecule has 4 bridgehead atoms. The van der Waals surface area contributed by atoms with E-state index in [9.17, 15) is 10.1 Å². The Kier molecular flexibility index (Phi) is 4.14. The Hall–Kier alpha value is -2.43. The molecule has 0 atom stereocenters. The fourth-order valence-electron chi connectivity index (χ4n) is 6.38. The van der Waals surface area contributed by atoms with Gasteiger partial charge in [-0.2, -0.15) is 0 Å². The van der Waals surface area contributed by atoms with Crippen molar-refractivity contribution in [2.45, 2.75) is 50.5 Å². The summed E-state index contributed by atoms with van der Waals surface area (Å²) in [6, 6.07) is 12.1. The molecule has 0 aromatic heterocycles. The number of benzene rings is 2. The smallest absolute Gasteiger partial charge is 0.311 e. The zero-order chi connectivity index (χ0) is 19.3. The van der Waals surface area contributed by atoms with E-state index in [1.165, 1.54) is 31.4 Å². The number of hydrogen-bond acceptors (Lipinski definition) is 3. The van der Waals surface area contributed by atoms with Crippen molar-refractivity contribution >= 4 is 5.69 Å². The van der Waals surface area contributed by atoms with Crippen LogP contribution in [0.15, 0.2) is 42.5 Å². The van der Waals surface area contributed by atoms with Gasteiger partial charge in [-0.15, -0.1) is 0 Å². The van der Waals surface area contributed by atoms with Crippen LogP contribution in [0.4, 0.5) is 10.1 Å². The lowest BCUT2D eigenvalue weighted by Gasteiger charge is -2.57. The van der Waals surface area contributed by atoms with E-state index in [2.05, 4.69) is 0 Å². The van der Waals surface area contributed by atoms with Crippen LogP contribution in [0.2, 0.25) is 0 Å². The van der Waals surface area contributed by atoms with Crippen molar-refractivity contribution in [1.29, 1.82) is 0 Å². The molecule has 0 heterocycles. The minimum atomic E-state index is -0.441. The highest BCUT2D eigenvalue weighted by Gasteiger charge is 2.52. The van der Waals surface area contributed by atoms with Gasteiger partial charge in [0, 0.05) is 17.7 Å². The summed E-state index contributed by atoms with van der Waals surface area (Å²) in [5.74, 6) is 1.62. The van der Waals surface area contributed by atoms with E-state index < -0.39 is 4.92 Å². The molecule has 146 valence electrons. The molecule has 5 heteroatoms. The minimum Gasteiger partial charge on any atom is -0.482 e. The first-order valence-corrected chi connectivity index (χ1v) is 10.2. The number of ether oxygens (including phenoxy) is 1.